The Bertz CT molecular complexity index is 578. The Balaban J connectivity index is 2.10. The summed E-state index contributed by atoms with van der Waals surface area (Å²) in [5, 5.41) is 4.80. The van der Waals surface area contributed by atoms with Crippen LogP contribution in [0.2, 0.25) is 0 Å². The van der Waals surface area contributed by atoms with Crippen LogP contribution in [0.25, 0.3) is 10.9 Å². The van der Waals surface area contributed by atoms with Crippen LogP contribution in [-0.2, 0) is 6.54 Å². The van der Waals surface area contributed by atoms with Gasteiger partial charge in [-0.15, -0.1) is 11.6 Å². The Hall–Kier alpha value is -1.12. The summed E-state index contributed by atoms with van der Waals surface area (Å²) in [5.41, 5.74) is 3.69. The van der Waals surface area contributed by atoms with Gasteiger partial charge in [-0.05, 0) is 36.5 Å². The minimum Gasteiger partial charge on any atom is -0.312 e. The lowest BCUT2D eigenvalue weighted by Crippen LogP contribution is -2.29. The molecule has 1 aromatic heterocycles. The summed E-state index contributed by atoms with van der Waals surface area (Å²) in [6.07, 6.45) is 1.03. The van der Waals surface area contributed by atoms with Gasteiger partial charge in [0.15, 0.2) is 0 Å². The number of nitrogens with zero attached hydrogens (tertiary/aromatic N) is 1. The third-order valence-corrected chi connectivity index (χ3v) is 3.81. The molecule has 0 saturated carbocycles. The molecule has 0 radical (unpaired) electrons. The molecule has 1 aromatic carbocycles. The van der Waals surface area contributed by atoms with Crippen LogP contribution in [0, 0.1) is 12.3 Å². The van der Waals surface area contributed by atoms with E-state index in [0.717, 1.165) is 30.7 Å². The number of halogens is 1. The van der Waals surface area contributed by atoms with Gasteiger partial charge in [0, 0.05) is 30.0 Å². The molecular formula is C17H23ClN2. The molecule has 108 valence electrons. The fraction of sp³-hybridized carbons (Fsp3) is 0.471. The van der Waals surface area contributed by atoms with Crippen molar-refractivity contribution in [3.05, 3.63) is 41.6 Å². The predicted octanol–water partition coefficient (Wildman–Crippen LogP) is 4.29. The van der Waals surface area contributed by atoms with Crippen LogP contribution in [0.3, 0.4) is 0 Å². The SMILES string of the molecule is Cc1cc(CNCC(C)(C)CCCl)c2ccccc2n1. The molecule has 0 amide bonds. The zero-order valence-electron chi connectivity index (χ0n) is 12.5. The molecule has 3 heteroatoms. The van der Waals surface area contributed by atoms with Crippen LogP contribution in [0.15, 0.2) is 30.3 Å². The van der Waals surface area contributed by atoms with E-state index in [1.54, 1.807) is 0 Å². The Labute approximate surface area is 126 Å². The van der Waals surface area contributed by atoms with E-state index in [0.29, 0.717) is 5.88 Å². The van der Waals surface area contributed by atoms with Gasteiger partial charge < -0.3 is 5.32 Å². The normalized spacial score (nSPS) is 12.0. The molecule has 2 rings (SSSR count). The first-order valence-electron chi connectivity index (χ1n) is 7.14. The van der Waals surface area contributed by atoms with Crippen molar-refractivity contribution < 1.29 is 0 Å². The quantitative estimate of drug-likeness (QED) is 0.803. The van der Waals surface area contributed by atoms with Gasteiger partial charge in [-0.2, -0.15) is 0 Å². The van der Waals surface area contributed by atoms with Crippen molar-refractivity contribution in [1.82, 2.24) is 10.3 Å². The molecule has 0 unspecified atom stereocenters. The summed E-state index contributed by atoms with van der Waals surface area (Å²) in [7, 11) is 0. The monoisotopic (exact) mass is 290 g/mol. The highest BCUT2D eigenvalue weighted by atomic mass is 35.5. The Kier molecular flexibility index (Phi) is 5.00. The van der Waals surface area contributed by atoms with Crippen LogP contribution in [-0.4, -0.2) is 17.4 Å². The standard InChI is InChI=1S/C17H23ClN2/c1-13-10-14(11-19-12-17(2,3)8-9-18)15-6-4-5-7-16(15)20-13/h4-7,10,19H,8-9,11-12H2,1-3H3. The van der Waals surface area contributed by atoms with Crippen LogP contribution in [0.1, 0.15) is 31.5 Å². The lowest BCUT2D eigenvalue weighted by Gasteiger charge is -2.24. The maximum Gasteiger partial charge on any atom is 0.0708 e. The molecule has 2 aromatic rings. The van der Waals surface area contributed by atoms with E-state index in [4.69, 9.17) is 11.6 Å². The molecule has 0 aliphatic heterocycles. The van der Waals surface area contributed by atoms with Crippen molar-refractivity contribution in [3.8, 4) is 0 Å². The van der Waals surface area contributed by atoms with Crippen LogP contribution >= 0.6 is 11.6 Å². The van der Waals surface area contributed by atoms with Gasteiger partial charge in [0.2, 0.25) is 0 Å². The molecule has 2 nitrogen and oxygen atoms in total. The third kappa shape index (κ3) is 3.94. The minimum absolute atomic E-state index is 0.236. The summed E-state index contributed by atoms with van der Waals surface area (Å²) in [4.78, 5) is 4.58. The number of aromatic nitrogens is 1. The number of fused-ring (bicyclic) bond motifs is 1. The highest BCUT2D eigenvalue weighted by Crippen LogP contribution is 2.21. The summed E-state index contributed by atoms with van der Waals surface area (Å²) in [5.74, 6) is 0.714. The number of pyridine rings is 1. The second-order valence-corrected chi connectivity index (χ2v) is 6.52. The van der Waals surface area contributed by atoms with E-state index in [1.165, 1.54) is 10.9 Å². The number of hydrogen-bond donors (Lipinski definition) is 1. The van der Waals surface area contributed by atoms with Crippen LogP contribution < -0.4 is 5.32 Å². The maximum atomic E-state index is 5.84. The van der Waals surface area contributed by atoms with Gasteiger partial charge in [-0.1, -0.05) is 32.0 Å². The molecule has 0 spiro atoms. The van der Waals surface area contributed by atoms with Crippen molar-refractivity contribution >= 4 is 22.5 Å². The summed E-state index contributed by atoms with van der Waals surface area (Å²) in [6.45, 7) is 8.38. The Morgan fingerprint density at radius 1 is 1.25 bits per heavy atom. The molecule has 0 aliphatic carbocycles. The molecule has 20 heavy (non-hydrogen) atoms. The van der Waals surface area contributed by atoms with E-state index >= 15 is 0 Å². The Morgan fingerprint density at radius 2 is 2.00 bits per heavy atom. The zero-order valence-corrected chi connectivity index (χ0v) is 13.3. The van der Waals surface area contributed by atoms with Crippen molar-refractivity contribution in [1.29, 1.82) is 0 Å². The maximum absolute atomic E-state index is 5.84. The first-order valence-corrected chi connectivity index (χ1v) is 7.67. The van der Waals surface area contributed by atoms with E-state index in [2.05, 4.69) is 48.4 Å². The number of hydrogen-bond acceptors (Lipinski definition) is 2. The van der Waals surface area contributed by atoms with Crippen molar-refractivity contribution in [2.24, 2.45) is 5.41 Å². The minimum atomic E-state index is 0.236. The van der Waals surface area contributed by atoms with Crippen LogP contribution in [0.4, 0.5) is 0 Å². The molecule has 0 atom stereocenters. The number of rotatable bonds is 6. The third-order valence-electron chi connectivity index (χ3n) is 3.62. The molecule has 0 saturated heterocycles. The van der Waals surface area contributed by atoms with E-state index in [1.807, 2.05) is 13.0 Å². The van der Waals surface area contributed by atoms with Gasteiger partial charge >= 0.3 is 0 Å². The Morgan fingerprint density at radius 3 is 2.75 bits per heavy atom. The largest absolute Gasteiger partial charge is 0.312 e. The van der Waals surface area contributed by atoms with Crippen molar-refractivity contribution in [2.45, 2.75) is 33.7 Å². The smallest absolute Gasteiger partial charge is 0.0708 e. The van der Waals surface area contributed by atoms with E-state index < -0.39 is 0 Å². The highest BCUT2D eigenvalue weighted by Gasteiger charge is 2.16. The van der Waals surface area contributed by atoms with Gasteiger partial charge in [0.1, 0.15) is 0 Å². The lowest BCUT2D eigenvalue weighted by molar-refractivity contribution is 0.330. The molecule has 0 bridgehead atoms. The second-order valence-electron chi connectivity index (χ2n) is 6.15. The summed E-state index contributed by atoms with van der Waals surface area (Å²) < 4.78 is 0. The molecular weight excluding hydrogens is 268 g/mol. The lowest BCUT2D eigenvalue weighted by atomic mass is 9.90. The summed E-state index contributed by atoms with van der Waals surface area (Å²) >= 11 is 5.84. The molecule has 1 heterocycles. The topological polar surface area (TPSA) is 24.9 Å². The van der Waals surface area contributed by atoms with Gasteiger partial charge in [0.25, 0.3) is 0 Å². The average molecular weight is 291 g/mol. The molecule has 0 aliphatic rings. The van der Waals surface area contributed by atoms with Crippen LogP contribution in [0.5, 0.6) is 0 Å². The first kappa shape index (κ1) is 15.3. The zero-order chi connectivity index (χ0) is 14.6. The fourth-order valence-corrected chi connectivity index (χ4v) is 2.93. The highest BCUT2D eigenvalue weighted by molar-refractivity contribution is 6.17. The van der Waals surface area contributed by atoms with Gasteiger partial charge in [-0.3, -0.25) is 4.98 Å². The van der Waals surface area contributed by atoms with E-state index in [-0.39, 0.29) is 5.41 Å². The van der Waals surface area contributed by atoms with Crippen molar-refractivity contribution in [3.63, 3.8) is 0 Å². The number of alkyl halides is 1. The molecule has 1 N–H and O–H groups in total. The van der Waals surface area contributed by atoms with Gasteiger partial charge in [-0.25, -0.2) is 0 Å². The summed E-state index contributed by atoms with van der Waals surface area (Å²) in [6, 6.07) is 10.5. The second kappa shape index (κ2) is 6.55. The number of nitrogens with one attached hydrogen (secondary N) is 1. The number of aryl methyl sites for hydroxylation is 1. The fourth-order valence-electron chi connectivity index (χ4n) is 2.42. The average Bonchev–Trinajstić information content (AvgIpc) is 2.38. The first-order chi connectivity index (χ1) is 9.52. The van der Waals surface area contributed by atoms with Gasteiger partial charge in [0.05, 0.1) is 5.52 Å². The predicted molar refractivity (Wildman–Crippen MR) is 87.3 cm³/mol. The number of benzene rings is 1. The number of para-hydroxylation sites is 1. The van der Waals surface area contributed by atoms with Crippen molar-refractivity contribution in [2.75, 3.05) is 12.4 Å². The molecule has 0 fully saturated rings. The van der Waals surface area contributed by atoms with E-state index in [9.17, 15) is 0 Å².